The maximum Gasteiger partial charge on any atom is 0.410 e. The summed E-state index contributed by atoms with van der Waals surface area (Å²) in [5, 5.41) is 0. The van der Waals surface area contributed by atoms with Crippen LogP contribution >= 0.6 is 0 Å². The molecule has 0 saturated carbocycles. The standard InChI is InChI=1S/C32H37N3O3/c1-2-35(32(37)38-24-25-12-6-3-7-13-25)28-18-20-33(21-19-28)30-23-34(31(36)27-16-10-5-11-17-27)22-29(30)26-14-8-4-9-15-26/h3-17,28-30H,2,18-24H2,1H3/t29-,30+/m1/s1. The van der Waals surface area contributed by atoms with Gasteiger partial charge in [-0.1, -0.05) is 78.9 Å². The van der Waals surface area contributed by atoms with Gasteiger partial charge in [-0.05, 0) is 43.0 Å². The zero-order chi connectivity index (χ0) is 26.3. The van der Waals surface area contributed by atoms with Crippen LogP contribution in [0.15, 0.2) is 91.0 Å². The summed E-state index contributed by atoms with van der Waals surface area (Å²) in [6, 6.07) is 30.4. The van der Waals surface area contributed by atoms with Gasteiger partial charge in [-0.2, -0.15) is 0 Å². The van der Waals surface area contributed by atoms with Crippen LogP contribution in [0.5, 0.6) is 0 Å². The smallest absolute Gasteiger partial charge is 0.410 e. The summed E-state index contributed by atoms with van der Waals surface area (Å²) in [7, 11) is 0. The van der Waals surface area contributed by atoms with Gasteiger partial charge in [0.15, 0.2) is 0 Å². The molecule has 2 amide bonds. The fourth-order valence-electron chi connectivity index (χ4n) is 5.98. The first kappa shape index (κ1) is 26.0. The van der Waals surface area contributed by atoms with E-state index in [1.165, 1.54) is 5.56 Å². The van der Waals surface area contributed by atoms with Crippen LogP contribution in [-0.4, -0.2) is 71.5 Å². The average molecular weight is 512 g/mol. The van der Waals surface area contributed by atoms with Crippen LogP contribution in [0.1, 0.15) is 47.2 Å². The largest absolute Gasteiger partial charge is 0.445 e. The number of amides is 2. The number of piperidine rings is 1. The molecule has 38 heavy (non-hydrogen) atoms. The second kappa shape index (κ2) is 12.3. The van der Waals surface area contributed by atoms with Crippen molar-refractivity contribution in [3.05, 3.63) is 108 Å². The van der Waals surface area contributed by atoms with Gasteiger partial charge in [0.1, 0.15) is 6.61 Å². The van der Waals surface area contributed by atoms with Crippen LogP contribution in [0, 0.1) is 0 Å². The van der Waals surface area contributed by atoms with Gasteiger partial charge in [0.05, 0.1) is 0 Å². The minimum Gasteiger partial charge on any atom is -0.445 e. The van der Waals surface area contributed by atoms with Crippen molar-refractivity contribution in [3.63, 3.8) is 0 Å². The van der Waals surface area contributed by atoms with E-state index in [-0.39, 0.29) is 30.0 Å². The first-order valence-electron chi connectivity index (χ1n) is 13.7. The quantitative estimate of drug-likeness (QED) is 0.425. The van der Waals surface area contributed by atoms with Gasteiger partial charge in [0.2, 0.25) is 0 Å². The van der Waals surface area contributed by atoms with Crippen LogP contribution < -0.4 is 0 Å². The van der Waals surface area contributed by atoms with Gasteiger partial charge in [0.25, 0.3) is 5.91 Å². The lowest BCUT2D eigenvalue weighted by molar-refractivity contribution is 0.0531. The van der Waals surface area contributed by atoms with E-state index in [1.54, 1.807) is 0 Å². The molecule has 6 nitrogen and oxygen atoms in total. The summed E-state index contributed by atoms with van der Waals surface area (Å²) < 4.78 is 5.65. The number of benzene rings is 3. The number of carbonyl (C=O) groups excluding carboxylic acids is 2. The summed E-state index contributed by atoms with van der Waals surface area (Å²) >= 11 is 0. The molecule has 3 aromatic rings. The Morgan fingerprint density at radius 1 is 0.842 bits per heavy atom. The molecule has 0 bridgehead atoms. The number of ether oxygens (including phenoxy) is 1. The van der Waals surface area contributed by atoms with Gasteiger partial charge in [-0.3, -0.25) is 9.69 Å². The molecule has 0 radical (unpaired) electrons. The van der Waals surface area contributed by atoms with Crippen molar-refractivity contribution in [1.29, 1.82) is 0 Å². The Balaban J connectivity index is 1.23. The third kappa shape index (κ3) is 5.91. The molecule has 2 saturated heterocycles. The SMILES string of the molecule is CCN(C(=O)OCc1ccccc1)C1CCN([C@H]2CN(C(=O)c3ccccc3)C[C@@H]2c2ccccc2)CC1. The lowest BCUT2D eigenvalue weighted by atomic mass is 9.91. The zero-order valence-corrected chi connectivity index (χ0v) is 22.1. The maximum absolute atomic E-state index is 13.3. The van der Waals surface area contributed by atoms with Crippen molar-refractivity contribution in [2.75, 3.05) is 32.7 Å². The summed E-state index contributed by atoms with van der Waals surface area (Å²) in [6.45, 7) is 6.17. The average Bonchev–Trinajstić information content (AvgIpc) is 3.43. The van der Waals surface area contributed by atoms with Crippen molar-refractivity contribution in [2.24, 2.45) is 0 Å². The number of carbonyl (C=O) groups is 2. The van der Waals surface area contributed by atoms with E-state index >= 15 is 0 Å². The van der Waals surface area contributed by atoms with E-state index in [9.17, 15) is 9.59 Å². The summed E-state index contributed by atoms with van der Waals surface area (Å²) in [5.41, 5.74) is 3.02. The van der Waals surface area contributed by atoms with E-state index in [0.717, 1.165) is 43.6 Å². The number of hydrogen-bond acceptors (Lipinski definition) is 4. The molecule has 2 atom stereocenters. The molecule has 0 aromatic heterocycles. The highest BCUT2D eigenvalue weighted by molar-refractivity contribution is 5.94. The minimum absolute atomic E-state index is 0.0993. The third-order valence-electron chi connectivity index (χ3n) is 8.01. The van der Waals surface area contributed by atoms with Crippen molar-refractivity contribution in [2.45, 2.75) is 44.4 Å². The van der Waals surface area contributed by atoms with E-state index < -0.39 is 0 Å². The Hall–Kier alpha value is -3.64. The topological polar surface area (TPSA) is 53.1 Å². The first-order chi connectivity index (χ1) is 18.6. The van der Waals surface area contributed by atoms with Crippen molar-refractivity contribution in [1.82, 2.24) is 14.7 Å². The van der Waals surface area contributed by atoms with Crippen LogP contribution in [0.2, 0.25) is 0 Å². The molecular formula is C32H37N3O3. The van der Waals surface area contributed by atoms with Gasteiger partial charge >= 0.3 is 6.09 Å². The second-order valence-corrected chi connectivity index (χ2v) is 10.3. The molecule has 0 spiro atoms. The molecule has 2 heterocycles. The normalized spacial score (nSPS) is 20.3. The number of nitrogens with zero attached hydrogens (tertiary/aromatic N) is 3. The second-order valence-electron chi connectivity index (χ2n) is 10.3. The van der Waals surface area contributed by atoms with Crippen molar-refractivity contribution in [3.8, 4) is 0 Å². The van der Waals surface area contributed by atoms with Crippen LogP contribution in [-0.2, 0) is 11.3 Å². The van der Waals surface area contributed by atoms with Gasteiger partial charge in [0, 0.05) is 56.3 Å². The molecule has 3 aromatic carbocycles. The number of rotatable bonds is 7. The zero-order valence-electron chi connectivity index (χ0n) is 22.1. The summed E-state index contributed by atoms with van der Waals surface area (Å²) in [5.74, 6) is 0.362. The summed E-state index contributed by atoms with van der Waals surface area (Å²) in [4.78, 5) is 32.7. The molecule has 2 fully saturated rings. The Morgan fingerprint density at radius 3 is 2.08 bits per heavy atom. The van der Waals surface area contributed by atoms with Gasteiger partial charge in [-0.15, -0.1) is 0 Å². The molecule has 5 rings (SSSR count). The fraction of sp³-hybridized carbons (Fsp3) is 0.375. The highest BCUT2D eigenvalue weighted by atomic mass is 16.6. The Bertz CT molecular complexity index is 1180. The Morgan fingerprint density at radius 2 is 1.45 bits per heavy atom. The van der Waals surface area contributed by atoms with Crippen LogP contribution in [0.3, 0.4) is 0 Å². The Kier molecular flexibility index (Phi) is 8.39. The van der Waals surface area contributed by atoms with Gasteiger partial charge < -0.3 is 14.5 Å². The molecule has 6 heteroatoms. The fourth-order valence-corrected chi connectivity index (χ4v) is 5.98. The third-order valence-corrected chi connectivity index (χ3v) is 8.01. The van der Waals surface area contributed by atoms with Crippen LogP contribution in [0.25, 0.3) is 0 Å². The lowest BCUT2D eigenvalue weighted by Gasteiger charge is -2.41. The lowest BCUT2D eigenvalue weighted by Crippen LogP contribution is -2.51. The summed E-state index contributed by atoms with van der Waals surface area (Å²) in [6.07, 6.45) is 1.56. The highest BCUT2D eigenvalue weighted by Gasteiger charge is 2.41. The van der Waals surface area contributed by atoms with E-state index in [2.05, 4.69) is 29.2 Å². The van der Waals surface area contributed by atoms with Crippen molar-refractivity contribution < 1.29 is 14.3 Å². The van der Waals surface area contributed by atoms with Crippen LogP contribution in [0.4, 0.5) is 4.79 Å². The molecule has 0 unspecified atom stereocenters. The van der Waals surface area contributed by atoms with E-state index in [1.807, 2.05) is 83.5 Å². The molecule has 2 aliphatic heterocycles. The predicted molar refractivity (Wildman–Crippen MR) is 149 cm³/mol. The Labute approximate surface area is 225 Å². The van der Waals surface area contributed by atoms with E-state index in [0.29, 0.717) is 19.7 Å². The number of likely N-dealkylation sites (tertiary alicyclic amines) is 2. The van der Waals surface area contributed by atoms with Gasteiger partial charge in [-0.25, -0.2) is 4.79 Å². The molecule has 198 valence electrons. The maximum atomic E-state index is 13.3. The van der Waals surface area contributed by atoms with E-state index in [4.69, 9.17) is 4.74 Å². The molecule has 0 aliphatic carbocycles. The minimum atomic E-state index is -0.238. The number of hydrogen-bond donors (Lipinski definition) is 0. The highest BCUT2D eigenvalue weighted by Crippen LogP contribution is 2.34. The predicted octanol–water partition coefficient (Wildman–Crippen LogP) is 5.42. The first-order valence-corrected chi connectivity index (χ1v) is 13.7. The molecule has 0 N–H and O–H groups in total. The molecular weight excluding hydrogens is 474 g/mol. The van der Waals surface area contributed by atoms with Crippen molar-refractivity contribution >= 4 is 12.0 Å². The molecule has 2 aliphatic rings. The monoisotopic (exact) mass is 511 g/mol.